The third kappa shape index (κ3) is 3.28. The lowest BCUT2D eigenvalue weighted by molar-refractivity contribution is 0.297. The zero-order chi connectivity index (χ0) is 17.2. The molecule has 0 radical (unpaired) electrons. The van der Waals surface area contributed by atoms with Gasteiger partial charge in [0.15, 0.2) is 5.65 Å². The van der Waals surface area contributed by atoms with Crippen molar-refractivity contribution in [2.24, 2.45) is 0 Å². The van der Waals surface area contributed by atoms with E-state index in [1.807, 2.05) is 36.5 Å². The quantitative estimate of drug-likeness (QED) is 0.525. The van der Waals surface area contributed by atoms with Crippen LogP contribution in [0.2, 0.25) is 0 Å². The second-order valence-electron chi connectivity index (χ2n) is 6.24. The maximum atomic E-state index is 5.76. The van der Waals surface area contributed by atoms with Gasteiger partial charge in [0.05, 0.1) is 5.52 Å². The Kier molecular flexibility index (Phi) is 4.24. The second-order valence-corrected chi connectivity index (χ2v) is 7.16. The fourth-order valence-electron chi connectivity index (χ4n) is 2.82. The molecule has 126 valence electrons. The van der Waals surface area contributed by atoms with Crippen LogP contribution in [0.4, 0.5) is 0 Å². The summed E-state index contributed by atoms with van der Waals surface area (Å²) in [7, 11) is 0. The van der Waals surface area contributed by atoms with Crippen LogP contribution >= 0.6 is 11.3 Å². The summed E-state index contributed by atoms with van der Waals surface area (Å²) in [5.74, 6) is 2.10. The first kappa shape index (κ1) is 15.8. The number of nitrogens with one attached hydrogen (secondary N) is 1. The van der Waals surface area contributed by atoms with Gasteiger partial charge in [-0.2, -0.15) is 0 Å². The van der Waals surface area contributed by atoms with Crippen LogP contribution in [0.15, 0.2) is 54.0 Å². The number of hydrogen-bond acceptors (Lipinski definition) is 4. The number of hydrogen-bond donors (Lipinski definition) is 1. The van der Waals surface area contributed by atoms with Crippen molar-refractivity contribution in [3.63, 3.8) is 0 Å². The Balaban J connectivity index is 1.60. The maximum Gasteiger partial charge on any atom is 0.177 e. The first-order chi connectivity index (χ1) is 12.2. The Labute approximate surface area is 150 Å². The Morgan fingerprint density at radius 1 is 1.16 bits per heavy atom. The first-order valence-electron chi connectivity index (χ1n) is 8.31. The van der Waals surface area contributed by atoms with Crippen molar-refractivity contribution >= 4 is 22.5 Å². The second kappa shape index (κ2) is 6.69. The lowest BCUT2D eigenvalue weighted by Crippen LogP contribution is -1.96. The average molecular weight is 349 g/mol. The van der Waals surface area contributed by atoms with Gasteiger partial charge in [0, 0.05) is 16.6 Å². The molecule has 0 aliphatic carbocycles. The van der Waals surface area contributed by atoms with Crippen LogP contribution in [0.1, 0.15) is 31.2 Å². The van der Waals surface area contributed by atoms with Gasteiger partial charge in [-0.3, -0.25) is 0 Å². The summed E-state index contributed by atoms with van der Waals surface area (Å²) in [6.07, 6.45) is 1.91. The molecule has 0 aliphatic rings. The number of aromatic nitrogens is 3. The number of thiophene rings is 1. The number of benzene rings is 1. The van der Waals surface area contributed by atoms with Crippen LogP contribution in [0.3, 0.4) is 0 Å². The molecule has 0 spiro atoms. The van der Waals surface area contributed by atoms with E-state index < -0.39 is 0 Å². The fraction of sp³-hybridized carbons (Fsp3) is 0.200. The average Bonchev–Trinajstić information content (AvgIpc) is 3.26. The molecule has 3 aromatic heterocycles. The minimum absolute atomic E-state index is 0.395. The summed E-state index contributed by atoms with van der Waals surface area (Å²) in [4.78, 5) is 13.6. The summed E-state index contributed by atoms with van der Waals surface area (Å²) in [6.45, 7) is 4.82. The molecule has 4 aromatic rings. The number of H-pyrrole nitrogens is 1. The van der Waals surface area contributed by atoms with Gasteiger partial charge in [0.1, 0.15) is 18.2 Å². The topological polar surface area (TPSA) is 50.8 Å². The molecule has 1 aromatic carbocycles. The molecule has 5 heteroatoms. The number of nitrogens with zero attached hydrogens (tertiary/aromatic N) is 2. The van der Waals surface area contributed by atoms with Gasteiger partial charge in [0.25, 0.3) is 0 Å². The Morgan fingerprint density at radius 3 is 2.80 bits per heavy atom. The van der Waals surface area contributed by atoms with Crippen molar-refractivity contribution in [1.82, 2.24) is 15.0 Å². The molecule has 0 amide bonds. The SMILES string of the molecule is CC(C)c1ccsc1-c1cnc2nc(COc3ccccc3)[nH]c2c1. The zero-order valence-electron chi connectivity index (χ0n) is 14.2. The van der Waals surface area contributed by atoms with E-state index >= 15 is 0 Å². The van der Waals surface area contributed by atoms with Crippen LogP contribution in [-0.4, -0.2) is 15.0 Å². The normalized spacial score (nSPS) is 11.3. The molecule has 1 N–H and O–H groups in total. The van der Waals surface area contributed by atoms with Gasteiger partial charge in [-0.05, 0) is 41.1 Å². The van der Waals surface area contributed by atoms with Gasteiger partial charge < -0.3 is 9.72 Å². The highest BCUT2D eigenvalue weighted by molar-refractivity contribution is 7.13. The van der Waals surface area contributed by atoms with Crippen LogP contribution in [0.25, 0.3) is 21.6 Å². The molecule has 25 heavy (non-hydrogen) atoms. The van der Waals surface area contributed by atoms with Gasteiger partial charge >= 0.3 is 0 Å². The predicted molar refractivity (Wildman–Crippen MR) is 102 cm³/mol. The summed E-state index contributed by atoms with van der Waals surface area (Å²) >= 11 is 1.75. The molecule has 0 aliphatic heterocycles. The Bertz CT molecular complexity index is 989. The third-order valence-corrected chi connectivity index (χ3v) is 5.06. The fourth-order valence-corrected chi connectivity index (χ4v) is 3.86. The summed E-state index contributed by atoms with van der Waals surface area (Å²) < 4.78 is 5.76. The van der Waals surface area contributed by atoms with Gasteiger partial charge in [-0.25, -0.2) is 9.97 Å². The standard InChI is InChI=1S/C20H19N3OS/c1-13(2)16-8-9-25-19(16)14-10-17-20(21-11-14)23-18(22-17)12-24-15-6-4-3-5-7-15/h3-11,13H,12H2,1-2H3,(H,21,22,23). The molecule has 0 bridgehead atoms. The van der Waals surface area contributed by atoms with E-state index in [2.05, 4.69) is 46.3 Å². The van der Waals surface area contributed by atoms with E-state index in [9.17, 15) is 0 Å². The van der Waals surface area contributed by atoms with Crippen molar-refractivity contribution in [2.45, 2.75) is 26.4 Å². The molecule has 4 rings (SSSR count). The first-order valence-corrected chi connectivity index (χ1v) is 9.19. The van der Waals surface area contributed by atoms with Crippen molar-refractivity contribution in [1.29, 1.82) is 0 Å². The van der Waals surface area contributed by atoms with Crippen LogP contribution in [0.5, 0.6) is 5.75 Å². The smallest absolute Gasteiger partial charge is 0.177 e. The molecule has 0 fully saturated rings. The predicted octanol–water partition coefficient (Wildman–Crippen LogP) is 5.39. The van der Waals surface area contributed by atoms with Crippen LogP contribution in [-0.2, 0) is 6.61 Å². The number of imidazole rings is 1. The molecule has 0 saturated carbocycles. The van der Waals surface area contributed by atoms with Crippen LogP contribution < -0.4 is 4.74 Å². The highest BCUT2D eigenvalue weighted by atomic mass is 32.1. The van der Waals surface area contributed by atoms with Gasteiger partial charge in [-0.1, -0.05) is 32.0 Å². The van der Waals surface area contributed by atoms with E-state index in [1.165, 1.54) is 10.4 Å². The highest BCUT2D eigenvalue weighted by Crippen LogP contribution is 2.34. The van der Waals surface area contributed by atoms with E-state index in [-0.39, 0.29) is 0 Å². The highest BCUT2D eigenvalue weighted by Gasteiger charge is 2.12. The van der Waals surface area contributed by atoms with Crippen LogP contribution in [0, 0.1) is 0 Å². The van der Waals surface area contributed by atoms with E-state index in [0.29, 0.717) is 12.5 Å². The molecular formula is C20H19N3OS. The number of pyridine rings is 1. The zero-order valence-corrected chi connectivity index (χ0v) is 15.0. The van der Waals surface area contributed by atoms with Crippen molar-refractivity contribution in [3.8, 4) is 16.2 Å². The number of ether oxygens (including phenoxy) is 1. The molecule has 3 heterocycles. The number of fused-ring (bicyclic) bond motifs is 1. The van der Waals surface area contributed by atoms with E-state index in [1.54, 1.807) is 11.3 Å². The van der Waals surface area contributed by atoms with Gasteiger partial charge in [0.2, 0.25) is 0 Å². The summed E-state index contributed by atoms with van der Waals surface area (Å²) in [5.41, 5.74) is 4.15. The minimum Gasteiger partial charge on any atom is -0.486 e. The van der Waals surface area contributed by atoms with E-state index in [0.717, 1.165) is 28.3 Å². The lowest BCUT2D eigenvalue weighted by atomic mass is 10.0. The molecule has 0 atom stereocenters. The van der Waals surface area contributed by atoms with E-state index in [4.69, 9.17) is 4.74 Å². The lowest BCUT2D eigenvalue weighted by Gasteiger charge is -2.06. The van der Waals surface area contributed by atoms with Crippen molar-refractivity contribution < 1.29 is 4.74 Å². The maximum absolute atomic E-state index is 5.76. The number of rotatable bonds is 5. The minimum atomic E-state index is 0.395. The number of para-hydroxylation sites is 1. The molecule has 0 unspecified atom stereocenters. The molecule has 0 saturated heterocycles. The monoisotopic (exact) mass is 349 g/mol. The molecule has 4 nitrogen and oxygen atoms in total. The number of aromatic amines is 1. The molecular weight excluding hydrogens is 330 g/mol. The Morgan fingerprint density at radius 2 is 2.00 bits per heavy atom. The van der Waals surface area contributed by atoms with Gasteiger partial charge in [-0.15, -0.1) is 11.3 Å². The van der Waals surface area contributed by atoms with Crippen molar-refractivity contribution in [2.75, 3.05) is 0 Å². The summed E-state index contributed by atoms with van der Waals surface area (Å²) in [6, 6.07) is 14.1. The summed E-state index contributed by atoms with van der Waals surface area (Å²) in [5, 5.41) is 2.14. The third-order valence-electron chi connectivity index (χ3n) is 4.09. The Hall–Kier alpha value is -2.66. The largest absolute Gasteiger partial charge is 0.486 e. The van der Waals surface area contributed by atoms with Crippen molar-refractivity contribution in [3.05, 3.63) is 65.4 Å².